The molecule has 0 unspecified atom stereocenters. The first-order valence-corrected chi connectivity index (χ1v) is 10.3. The number of esters is 1. The minimum Gasteiger partial charge on any atom is -0.452 e. The van der Waals surface area contributed by atoms with Crippen LogP contribution in [0.5, 0.6) is 0 Å². The number of carbonyl (C=O) groups is 4. The number of nitrogens with zero attached hydrogens (tertiary/aromatic N) is 2. The summed E-state index contributed by atoms with van der Waals surface area (Å²) in [6.45, 7) is 4.64. The van der Waals surface area contributed by atoms with Crippen LogP contribution in [0.4, 0.5) is 10.5 Å². The van der Waals surface area contributed by atoms with Crippen LogP contribution in [0.25, 0.3) is 0 Å². The van der Waals surface area contributed by atoms with Crippen LogP contribution < -0.4 is 16.0 Å². The molecule has 1 heterocycles. The number of hydrogen-bond acceptors (Lipinski definition) is 7. The summed E-state index contributed by atoms with van der Waals surface area (Å²) in [4.78, 5) is 52.3. The van der Waals surface area contributed by atoms with Gasteiger partial charge in [-0.1, -0.05) is 23.9 Å². The Morgan fingerprint density at radius 3 is 2.48 bits per heavy atom. The fraction of sp³-hybridized carbons (Fsp3) is 0.350. The van der Waals surface area contributed by atoms with Crippen molar-refractivity contribution in [2.45, 2.75) is 31.5 Å². The molecule has 0 atom stereocenters. The number of carbonyl (C=O) groups excluding carboxylic acids is 4. The van der Waals surface area contributed by atoms with Crippen LogP contribution in [0.15, 0.2) is 41.8 Å². The van der Waals surface area contributed by atoms with Crippen molar-refractivity contribution in [3.63, 3.8) is 0 Å². The lowest BCUT2D eigenvalue weighted by atomic mass is 10.1. The van der Waals surface area contributed by atoms with Crippen molar-refractivity contribution in [3.05, 3.63) is 42.2 Å². The van der Waals surface area contributed by atoms with Gasteiger partial charge in [0, 0.05) is 25.0 Å². The Hall–Kier alpha value is -3.34. The van der Waals surface area contributed by atoms with Gasteiger partial charge >= 0.3 is 12.0 Å². The fourth-order valence-electron chi connectivity index (χ4n) is 2.32. The van der Waals surface area contributed by atoms with Crippen LogP contribution in [0.1, 0.15) is 31.1 Å². The highest BCUT2D eigenvalue weighted by Gasteiger charge is 2.19. The predicted molar refractivity (Wildman–Crippen MR) is 116 cm³/mol. The van der Waals surface area contributed by atoms with Gasteiger partial charge in [-0.3, -0.25) is 14.9 Å². The number of imidazole rings is 1. The zero-order chi connectivity index (χ0) is 23.0. The quantitative estimate of drug-likeness (QED) is 0.436. The van der Waals surface area contributed by atoms with Gasteiger partial charge in [-0.15, -0.1) is 0 Å². The van der Waals surface area contributed by atoms with Crippen LogP contribution in [0, 0.1) is 0 Å². The highest BCUT2D eigenvalue weighted by Crippen LogP contribution is 2.18. The van der Waals surface area contributed by atoms with Gasteiger partial charge in [0.2, 0.25) is 5.91 Å². The molecule has 2 rings (SSSR count). The molecule has 2 aromatic rings. The third-order valence-corrected chi connectivity index (χ3v) is 4.66. The van der Waals surface area contributed by atoms with Gasteiger partial charge in [-0.2, -0.15) is 0 Å². The van der Waals surface area contributed by atoms with Crippen molar-refractivity contribution in [2.75, 3.05) is 17.7 Å². The fourth-order valence-corrected chi connectivity index (χ4v) is 3.05. The molecule has 0 aliphatic rings. The van der Waals surface area contributed by atoms with Gasteiger partial charge in [0.05, 0.1) is 17.0 Å². The average Bonchev–Trinajstić information content (AvgIpc) is 3.08. The summed E-state index contributed by atoms with van der Waals surface area (Å²) >= 11 is 1.25. The highest BCUT2D eigenvalue weighted by atomic mass is 32.2. The standard InChI is InChI=1S/C20H25N5O5S/c1-20(2,3)24-18(29)23-15(26)11-30-17(28)13-7-5-6-8-14(13)22-16(27)12-31-19-21-9-10-25(19)4/h5-10H,11-12H2,1-4H3,(H,22,27)(H2,23,24,26,29). The molecule has 0 radical (unpaired) electrons. The van der Waals surface area contributed by atoms with Crippen molar-refractivity contribution >= 4 is 41.3 Å². The van der Waals surface area contributed by atoms with E-state index in [2.05, 4.69) is 20.9 Å². The van der Waals surface area contributed by atoms with Gasteiger partial charge in [-0.05, 0) is 32.9 Å². The van der Waals surface area contributed by atoms with E-state index >= 15 is 0 Å². The Kier molecular flexibility index (Phi) is 8.20. The smallest absolute Gasteiger partial charge is 0.340 e. The summed E-state index contributed by atoms with van der Waals surface area (Å²) in [7, 11) is 1.82. The molecule has 11 heteroatoms. The number of para-hydroxylation sites is 1. The second kappa shape index (κ2) is 10.6. The molecule has 0 spiro atoms. The molecule has 3 N–H and O–H groups in total. The van der Waals surface area contributed by atoms with Crippen LogP contribution in [-0.2, 0) is 21.4 Å². The van der Waals surface area contributed by atoms with Crippen LogP contribution in [-0.4, -0.2) is 51.3 Å². The van der Waals surface area contributed by atoms with E-state index in [1.54, 1.807) is 55.9 Å². The lowest BCUT2D eigenvalue weighted by molar-refractivity contribution is -0.123. The first-order chi connectivity index (χ1) is 14.5. The second-order valence-corrected chi connectivity index (χ2v) is 8.47. The number of aromatic nitrogens is 2. The topological polar surface area (TPSA) is 131 Å². The number of aryl methyl sites for hydroxylation is 1. The minimum atomic E-state index is -0.806. The monoisotopic (exact) mass is 447 g/mol. The number of rotatable bonds is 7. The van der Waals surface area contributed by atoms with Crippen LogP contribution in [0.2, 0.25) is 0 Å². The molecular formula is C20H25N5O5S. The highest BCUT2D eigenvalue weighted by molar-refractivity contribution is 7.99. The number of ether oxygens (including phenoxy) is 1. The van der Waals surface area contributed by atoms with E-state index in [9.17, 15) is 19.2 Å². The number of thioether (sulfide) groups is 1. The Labute approximate surface area is 184 Å². The predicted octanol–water partition coefficient (Wildman–Crippen LogP) is 1.93. The molecule has 0 saturated carbocycles. The number of anilines is 1. The van der Waals surface area contributed by atoms with Crippen LogP contribution >= 0.6 is 11.8 Å². The van der Waals surface area contributed by atoms with Gasteiger partial charge in [-0.25, -0.2) is 14.6 Å². The summed E-state index contributed by atoms with van der Waals surface area (Å²) in [5.74, 6) is -1.81. The number of amides is 4. The van der Waals surface area contributed by atoms with E-state index in [0.29, 0.717) is 5.16 Å². The summed E-state index contributed by atoms with van der Waals surface area (Å²) in [5.41, 5.74) is -0.180. The zero-order valence-corrected chi connectivity index (χ0v) is 18.5. The first-order valence-electron chi connectivity index (χ1n) is 9.33. The lowest BCUT2D eigenvalue weighted by Gasteiger charge is -2.20. The molecule has 166 valence electrons. The van der Waals surface area contributed by atoms with Crippen molar-refractivity contribution in [1.29, 1.82) is 0 Å². The van der Waals surface area contributed by atoms with E-state index in [4.69, 9.17) is 4.74 Å². The number of urea groups is 1. The van der Waals surface area contributed by atoms with Crippen LogP contribution in [0.3, 0.4) is 0 Å². The number of benzene rings is 1. The maximum Gasteiger partial charge on any atom is 0.340 e. The average molecular weight is 448 g/mol. The van der Waals surface area contributed by atoms with Crippen molar-refractivity contribution in [2.24, 2.45) is 7.05 Å². The summed E-state index contributed by atoms with van der Waals surface area (Å²) < 4.78 is 6.76. The van der Waals surface area contributed by atoms with Crippen molar-refractivity contribution in [3.8, 4) is 0 Å². The Balaban J connectivity index is 1.89. The maximum absolute atomic E-state index is 12.4. The maximum atomic E-state index is 12.4. The largest absolute Gasteiger partial charge is 0.452 e. The van der Waals surface area contributed by atoms with E-state index in [1.807, 2.05) is 7.05 Å². The molecule has 0 aliphatic heterocycles. The SMILES string of the molecule is Cn1ccnc1SCC(=O)Nc1ccccc1C(=O)OCC(=O)NC(=O)NC(C)(C)C. The van der Waals surface area contributed by atoms with E-state index < -0.39 is 30.1 Å². The Morgan fingerprint density at radius 2 is 1.84 bits per heavy atom. The molecule has 10 nitrogen and oxygen atoms in total. The van der Waals surface area contributed by atoms with Crippen molar-refractivity contribution < 1.29 is 23.9 Å². The molecule has 0 fully saturated rings. The number of nitrogens with one attached hydrogen (secondary N) is 3. The molecule has 0 bridgehead atoms. The molecular weight excluding hydrogens is 422 g/mol. The second-order valence-electron chi connectivity index (χ2n) is 7.53. The van der Waals surface area contributed by atoms with Gasteiger partial charge in [0.15, 0.2) is 11.8 Å². The van der Waals surface area contributed by atoms with Gasteiger partial charge in [0.1, 0.15) is 0 Å². The molecule has 1 aromatic heterocycles. The summed E-state index contributed by atoms with van der Waals surface area (Å²) in [6, 6.07) is 5.59. The van der Waals surface area contributed by atoms with Gasteiger partial charge < -0.3 is 19.9 Å². The Bertz CT molecular complexity index is 967. The molecule has 4 amide bonds. The van der Waals surface area contributed by atoms with E-state index in [0.717, 1.165) is 0 Å². The lowest BCUT2D eigenvalue weighted by Crippen LogP contribution is -2.49. The third kappa shape index (κ3) is 8.13. The van der Waals surface area contributed by atoms with E-state index in [-0.39, 0.29) is 22.9 Å². The normalized spacial score (nSPS) is 10.8. The summed E-state index contributed by atoms with van der Waals surface area (Å²) in [5, 5.41) is 7.98. The number of hydrogen-bond donors (Lipinski definition) is 3. The molecule has 0 saturated heterocycles. The van der Waals surface area contributed by atoms with Crippen molar-refractivity contribution in [1.82, 2.24) is 20.2 Å². The molecule has 31 heavy (non-hydrogen) atoms. The molecule has 0 aliphatic carbocycles. The van der Waals surface area contributed by atoms with Gasteiger partial charge in [0.25, 0.3) is 5.91 Å². The molecule has 1 aromatic carbocycles. The number of imide groups is 1. The zero-order valence-electron chi connectivity index (χ0n) is 17.7. The minimum absolute atomic E-state index is 0.0878. The summed E-state index contributed by atoms with van der Waals surface area (Å²) in [6.07, 6.45) is 3.41. The Morgan fingerprint density at radius 1 is 1.13 bits per heavy atom. The van der Waals surface area contributed by atoms with E-state index in [1.165, 1.54) is 17.8 Å². The third-order valence-electron chi connectivity index (χ3n) is 3.61. The first kappa shape index (κ1) is 23.9.